The first-order chi connectivity index (χ1) is 8.38. The predicted molar refractivity (Wildman–Crippen MR) is 63.3 cm³/mol. The standard InChI is InChI=1S/C12H14F3N3/c1-18-7-9(6-17-11(18)16)8-3-2-4-10(5-8)12(13,14)15/h2-5,9H,6-7H2,1H3,(H2,16,17). The minimum Gasteiger partial charge on any atom is -0.370 e. The van der Waals surface area contributed by atoms with Gasteiger partial charge in [-0.25, -0.2) is 0 Å². The first-order valence-electron chi connectivity index (χ1n) is 5.56. The van der Waals surface area contributed by atoms with Gasteiger partial charge in [-0.1, -0.05) is 18.2 Å². The molecule has 1 aromatic rings. The summed E-state index contributed by atoms with van der Waals surface area (Å²) in [4.78, 5) is 5.84. The monoisotopic (exact) mass is 257 g/mol. The average Bonchev–Trinajstić information content (AvgIpc) is 2.32. The number of nitrogens with zero attached hydrogens (tertiary/aromatic N) is 2. The van der Waals surface area contributed by atoms with Crippen LogP contribution < -0.4 is 5.73 Å². The van der Waals surface area contributed by atoms with Crippen LogP contribution in [-0.4, -0.2) is 31.0 Å². The van der Waals surface area contributed by atoms with E-state index in [1.807, 2.05) is 0 Å². The Labute approximate surface area is 103 Å². The van der Waals surface area contributed by atoms with Crippen molar-refractivity contribution in [2.45, 2.75) is 12.1 Å². The number of benzene rings is 1. The van der Waals surface area contributed by atoms with Crippen LogP contribution in [0.3, 0.4) is 0 Å². The Kier molecular flexibility index (Phi) is 3.19. The van der Waals surface area contributed by atoms with Gasteiger partial charge in [-0.05, 0) is 11.6 Å². The van der Waals surface area contributed by atoms with E-state index in [0.29, 0.717) is 24.6 Å². The van der Waals surface area contributed by atoms with Crippen LogP contribution in [0.15, 0.2) is 29.3 Å². The average molecular weight is 257 g/mol. The maximum atomic E-state index is 12.6. The summed E-state index contributed by atoms with van der Waals surface area (Å²) >= 11 is 0. The molecule has 0 aliphatic carbocycles. The first-order valence-corrected chi connectivity index (χ1v) is 5.56. The molecule has 98 valence electrons. The third-order valence-corrected chi connectivity index (χ3v) is 3.04. The highest BCUT2D eigenvalue weighted by atomic mass is 19.4. The molecule has 0 spiro atoms. The summed E-state index contributed by atoms with van der Waals surface area (Å²) in [5.41, 5.74) is 5.64. The zero-order chi connectivity index (χ0) is 13.3. The third kappa shape index (κ3) is 2.57. The SMILES string of the molecule is CN1CC(c2cccc(C(F)(F)F)c2)CN=C1N. The van der Waals surface area contributed by atoms with E-state index in [9.17, 15) is 13.2 Å². The van der Waals surface area contributed by atoms with Gasteiger partial charge < -0.3 is 10.6 Å². The highest BCUT2D eigenvalue weighted by Gasteiger charge is 2.31. The number of nitrogens with two attached hydrogens (primary N) is 1. The number of guanidine groups is 1. The van der Waals surface area contributed by atoms with Gasteiger partial charge in [0.05, 0.1) is 12.1 Å². The Balaban J connectivity index is 2.25. The van der Waals surface area contributed by atoms with E-state index in [4.69, 9.17) is 5.73 Å². The topological polar surface area (TPSA) is 41.6 Å². The lowest BCUT2D eigenvalue weighted by Crippen LogP contribution is -2.41. The molecule has 0 saturated carbocycles. The van der Waals surface area contributed by atoms with Crippen LogP contribution in [0.5, 0.6) is 0 Å². The predicted octanol–water partition coefficient (Wildman–Crippen LogP) is 2.05. The third-order valence-electron chi connectivity index (χ3n) is 3.04. The second-order valence-electron chi connectivity index (χ2n) is 4.40. The molecule has 0 fully saturated rings. The summed E-state index contributed by atoms with van der Waals surface area (Å²) in [5.74, 6) is 0.378. The van der Waals surface area contributed by atoms with Crippen molar-refractivity contribution in [3.8, 4) is 0 Å². The Morgan fingerprint density at radius 2 is 2.11 bits per heavy atom. The second kappa shape index (κ2) is 4.51. The molecular weight excluding hydrogens is 243 g/mol. The minimum absolute atomic E-state index is 0.0513. The van der Waals surface area contributed by atoms with Crippen LogP contribution in [-0.2, 0) is 6.18 Å². The molecule has 2 N–H and O–H groups in total. The highest BCUT2D eigenvalue weighted by Crippen LogP contribution is 2.31. The number of aliphatic imine (C=N–C) groups is 1. The number of hydrogen-bond acceptors (Lipinski definition) is 3. The molecule has 1 aromatic carbocycles. The fourth-order valence-corrected chi connectivity index (χ4v) is 1.99. The molecule has 1 atom stereocenters. The van der Waals surface area contributed by atoms with Crippen LogP contribution in [0.1, 0.15) is 17.0 Å². The van der Waals surface area contributed by atoms with Crippen LogP contribution in [0, 0.1) is 0 Å². The number of hydrogen-bond donors (Lipinski definition) is 1. The number of alkyl halides is 3. The molecule has 1 heterocycles. The van der Waals surface area contributed by atoms with Gasteiger partial charge in [-0.2, -0.15) is 13.2 Å². The number of halogens is 3. The van der Waals surface area contributed by atoms with Crippen molar-refractivity contribution in [2.75, 3.05) is 20.1 Å². The summed E-state index contributed by atoms with van der Waals surface area (Å²) in [7, 11) is 1.78. The van der Waals surface area contributed by atoms with E-state index < -0.39 is 11.7 Å². The molecule has 0 amide bonds. The molecule has 3 nitrogen and oxygen atoms in total. The van der Waals surface area contributed by atoms with E-state index in [1.165, 1.54) is 12.1 Å². The van der Waals surface area contributed by atoms with Crippen molar-refractivity contribution in [2.24, 2.45) is 10.7 Å². The Morgan fingerprint density at radius 1 is 1.39 bits per heavy atom. The lowest BCUT2D eigenvalue weighted by molar-refractivity contribution is -0.137. The summed E-state index contributed by atoms with van der Waals surface area (Å²) in [5, 5.41) is 0. The fourth-order valence-electron chi connectivity index (χ4n) is 1.99. The molecular formula is C12H14F3N3. The molecule has 18 heavy (non-hydrogen) atoms. The van der Waals surface area contributed by atoms with Crippen molar-refractivity contribution in [1.82, 2.24) is 4.90 Å². The number of likely N-dealkylation sites (N-methyl/N-ethyl adjacent to an activating group) is 1. The van der Waals surface area contributed by atoms with Crippen LogP contribution in [0.2, 0.25) is 0 Å². The fraction of sp³-hybridized carbons (Fsp3) is 0.417. The molecule has 0 bridgehead atoms. The first kappa shape index (κ1) is 12.7. The molecule has 0 saturated heterocycles. The van der Waals surface area contributed by atoms with E-state index in [1.54, 1.807) is 18.0 Å². The smallest absolute Gasteiger partial charge is 0.370 e. The highest BCUT2D eigenvalue weighted by molar-refractivity contribution is 5.78. The van der Waals surface area contributed by atoms with Crippen molar-refractivity contribution < 1.29 is 13.2 Å². The van der Waals surface area contributed by atoms with Crippen molar-refractivity contribution >= 4 is 5.96 Å². The van der Waals surface area contributed by atoms with Gasteiger partial charge in [0.2, 0.25) is 0 Å². The van der Waals surface area contributed by atoms with Gasteiger partial charge in [0.25, 0.3) is 0 Å². The maximum absolute atomic E-state index is 12.6. The lowest BCUT2D eigenvalue weighted by atomic mass is 9.96. The summed E-state index contributed by atoms with van der Waals surface area (Å²) in [6.45, 7) is 1.01. The Morgan fingerprint density at radius 3 is 2.72 bits per heavy atom. The van der Waals surface area contributed by atoms with Crippen LogP contribution in [0.25, 0.3) is 0 Å². The zero-order valence-electron chi connectivity index (χ0n) is 9.91. The Hall–Kier alpha value is -1.72. The van der Waals surface area contributed by atoms with Crippen molar-refractivity contribution in [3.05, 3.63) is 35.4 Å². The van der Waals surface area contributed by atoms with Crippen molar-refractivity contribution in [3.63, 3.8) is 0 Å². The molecule has 6 heteroatoms. The largest absolute Gasteiger partial charge is 0.416 e. The van der Waals surface area contributed by atoms with E-state index >= 15 is 0 Å². The Bertz CT molecular complexity index is 468. The minimum atomic E-state index is -4.31. The van der Waals surface area contributed by atoms with Gasteiger partial charge in [-0.3, -0.25) is 4.99 Å². The zero-order valence-corrected chi connectivity index (χ0v) is 9.91. The quantitative estimate of drug-likeness (QED) is 0.836. The van der Waals surface area contributed by atoms with Crippen LogP contribution in [0.4, 0.5) is 13.2 Å². The molecule has 1 aliphatic rings. The molecule has 1 aliphatic heterocycles. The van der Waals surface area contributed by atoms with Gasteiger partial charge in [-0.15, -0.1) is 0 Å². The molecule has 1 unspecified atom stereocenters. The number of rotatable bonds is 1. The maximum Gasteiger partial charge on any atom is 0.416 e. The lowest BCUT2D eigenvalue weighted by Gasteiger charge is -2.29. The van der Waals surface area contributed by atoms with Gasteiger partial charge >= 0.3 is 6.18 Å². The van der Waals surface area contributed by atoms with E-state index in [-0.39, 0.29) is 5.92 Å². The molecule has 0 aromatic heterocycles. The second-order valence-corrected chi connectivity index (χ2v) is 4.40. The van der Waals surface area contributed by atoms with Gasteiger partial charge in [0.15, 0.2) is 5.96 Å². The van der Waals surface area contributed by atoms with Crippen LogP contribution >= 0.6 is 0 Å². The summed E-state index contributed by atoms with van der Waals surface area (Å²) < 4.78 is 37.8. The summed E-state index contributed by atoms with van der Waals surface area (Å²) in [6, 6.07) is 5.40. The summed E-state index contributed by atoms with van der Waals surface area (Å²) in [6.07, 6.45) is -4.31. The van der Waals surface area contributed by atoms with Crippen molar-refractivity contribution in [1.29, 1.82) is 0 Å². The van der Waals surface area contributed by atoms with E-state index in [0.717, 1.165) is 6.07 Å². The molecule has 0 radical (unpaired) electrons. The van der Waals surface area contributed by atoms with Gasteiger partial charge in [0, 0.05) is 19.5 Å². The van der Waals surface area contributed by atoms with E-state index in [2.05, 4.69) is 4.99 Å². The normalized spacial score (nSPS) is 20.8. The van der Waals surface area contributed by atoms with Gasteiger partial charge in [0.1, 0.15) is 0 Å². The molecule has 2 rings (SSSR count).